The van der Waals surface area contributed by atoms with Crippen LogP contribution in [0.1, 0.15) is 38.5 Å². The molecule has 6 nitrogen and oxygen atoms in total. The summed E-state index contributed by atoms with van der Waals surface area (Å²) < 4.78 is 18.7. The predicted molar refractivity (Wildman–Crippen MR) is 96.3 cm³/mol. The quantitative estimate of drug-likeness (QED) is 0.558. The van der Waals surface area contributed by atoms with Crippen molar-refractivity contribution >= 4 is 17.7 Å². The topological polar surface area (TPSA) is 75.7 Å². The molecule has 3 amide bonds. The Kier molecular flexibility index (Phi) is 6.42. The summed E-state index contributed by atoms with van der Waals surface area (Å²) in [6, 6.07) is 6.16. The third kappa shape index (κ3) is 4.64. The molecule has 1 heterocycles. The van der Waals surface area contributed by atoms with Gasteiger partial charge in [0.05, 0.1) is 18.4 Å². The second-order valence-corrected chi connectivity index (χ2v) is 7.06. The van der Waals surface area contributed by atoms with E-state index in [4.69, 9.17) is 4.74 Å². The van der Waals surface area contributed by atoms with E-state index in [1.807, 2.05) is 0 Å². The summed E-state index contributed by atoms with van der Waals surface area (Å²) in [4.78, 5) is 37.9. The molecule has 1 aliphatic heterocycles. The standard InChI is InChI=1S/C20H25FN2O4/c21-16-8-3-4-9-17(16)27-13-5-11-22-18(24)10-12-23-19(25)14-6-1-2-7-15(14)20(23)26/h3-4,8-9,14-15H,1-2,5-7,10-13H2,(H,22,24)/t14-,15-/m1/s1. The summed E-state index contributed by atoms with van der Waals surface area (Å²) in [5, 5.41) is 2.74. The number of halogens is 1. The number of nitrogens with one attached hydrogen (secondary N) is 1. The van der Waals surface area contributed by atoms with Crippen molar-refractivity contribution in [3.63, 3.8) is 0 Å². The highest BCUT2D eigenvalue weighted by Crippen LogP contribution is 2.37. The largest absolute Gasteiger partial charge is 0.490 e. The SMILES string of the molecule is O=C(CCN1C(=O)[C@@H]2CCCC[C@H]2C1=O)NCCCOc1ccccc1F. The molecular weight excluding hydrogens is 351 g/mol. The maximum absolute atomic E-state index is 13.4. The van der Waals surface area contributed by atoms with Crippen molar-refractivity contribution < 1.29 is 23.5 Å². The third-order valence-corrected chi connectivity index (χ3v) is 5.23. The van der Waals surface area contributed by atoms with E-state index in [1.165, 1.54) is 11.0 Å². The predicted octanol–water partition coefficient (Wildman–Crippen LogP) is 2.28. The van der Waals surface area contributed by atoms with Crippen molar-refractivity contribution in [3.8, 4) is 5.75 Å². The zero-order chi connectivity index (χ0) is 19.2. The Morgan fingerprint density at radius 1 is 1.15 bits per heavy atom. The number of benzene rings is 1. The number of rotatable bonds is 8. The number of para-hydroxylation sites is 1. The van der Waals surface area contributed by atoms with Crippen LogP contribution in [0.25, 0.3) is 0 Å². The van der Waals surface area contributed by atoms with E-state index in [9.17, 15) is 18.8 Å². The summed E-state index contributed by atoms with van der Waals surface area (Å²) in [6.07, 6.45) is 4.17. The number of ether oxygens (including phenoxy) is 1. The van der Waals surface area contributed by atoms with Crippen LogP contribution < -0.4 is 10.1 Å². The van der Waals surface area contributed by atoms with Gasteiger partial charge in [-0.2, -0.15) is 0 Å². The van der Waals surface area contributed by atoms with E-state index in [1.54, 1.807) is 18.2 Å². The van der Waals surface area contributed by atoms with Gasteiger partial charge in [-0.15, -0.1) is 0 Å². The van der Waals surface area contributed by atoms with E-state index in [0.717, 1.165) is 25.7 Å². The van der Waals surface area contributed by atoms with Gasteiger partial charge in [0.2, 0.25) is 17.7 Å². The second kappa shape index (κ2) is 8.97. The molecule has 0 bridgehead atoms. The molecule has 1 aromatic carbocycles. The van der Waals surface area contributed by atoms with Crippen LogP contribution in [0, 0.1) is 17.7 Å². The molecule has 2 aliphatic rings. The molecule has 0 unspecified atom stereocenters. The second-order valence-electron chi connectivity index (χ2n) is 7.06. The lowest BCUT2D eigenvalue weighted by Crippen LogP contribution is -2.35. The molecule has 0 spiro atoms. The van der Waals surface area contributed by atoms with Crippen LogP contribution in [0.2, 0.25) is 0 Å². The highest BCUT2D eigenvalue weighted by Gasteiger charge is 2.47. The molecule has 3 rings (SSSR count). The monoisotopic (exact) mass is 376 g/mol. The summed E-state index contributed by atoms with van der Waals surface area (Å²) in [6.45, 7) is 0.816. The van der Waals surface area contributed by atoms with E-state index in [-0.39, 0.29) is 54.9 Å². The first-order valence-electron chi connectivity index (χ1n) is 9.57. The number of carbonyl (C=O) groups is 3. The van der Waals surface area contributed by atoms with Crippen molar-refractivity contribution in [1.82, 2.24) is 10.2 Å². The average molecular weight is 376 g/mol. The number of likely N-dealkylation sites (tertiary alicyclic amines) is 1. The maximum atomic E-state index is 13.4. The number of imide groups is 1. The lowest BCUT2D eigenvalue weighted by molar-refractivity contribution is -0.140. The van der Waals surface area contributed by atoms with Crippen molar-refractivity contribution in [2.24, 2.45) is 11.8 Å². The number of hydrogen-bond donors (Lipinski definition) is 1. The first-order chi connectivity index (χ1) is 13.1. The van der Waals surface area contributed by atoms with Gasteiger partial charge in [0.15, 0.2) is 11.6 Å². The number of fused-ring (bicyclic) bond motifs is 1. The van der Waals surface area contributed by atoms with Gasteiger partial charge in [-0.25, -0.2) is 4.39 Å². The fourth-order valence-corrected chi connectivity index (χ4v) is 3.80. The van der Waals surface area contributed by atoms with Crippen LogP contribution in [0.3, 0.4) is 0 Å². The van der Waals surface area contributed by atoms with E-state index >= 15 is 0 Å². The summed E-state index contributed by atoms with van der Waals surface area (Å²) in [7, 11) is 0. The molecule has 27 heavy (non-hydrogen) atoms. The molecule has 1 N–H and O–H groups in total. The summed E-state index contributed by atoms with van der Waals surface area (Å²) >= 11 is 0. The highest BCUT2D eigenvalue weighted by atomic mass is 19.1. The highest BCUT2D eigenvalue weighted by molar-refractivity contribution is 6.05. The summed E-state index contributed by atoms with van der Waals surface area (Å²) in [5.74, 6) is -1.02. The van der Waals surface area contributed by atoms with Gasteiger partial charge in [0.25, 0.3) is 0 Å². The van der Waals surface area contributed by atoms with Gasteiger partial charge >= 0.3 is 0 Å². The van der Waals surface area contributed by atoms with Crippen molar-refractivity contribution in [2.45, 2.75) is 38.5 Å². The smallest absolute Gasteiger partial charge is 0.233 e. The van der Waals surface area contributed by atoms with Gasteiger partial charge in [-0.3, -0.25) is 19.3 Å². The molecule has 7 heteroatoms. The molecule has 2 fully saturated rings. The lowest BCUT2D eigenvalue weighted by Gasteiger charge is -2.19. The van der Waals surface area contributed by atoms with Gasteiger partial charge in [0.1, 0.15) is 0 Å². The fourth-order valence-electron chi connectivity index (χ4n) is 3.80. The lowest BCUT2D eigenvalue weighted by atomic mass is 9.81. The zero-order valence-corrected chi connectivity index (χ0v) is 15.3. The van der Waals surface area contributed by atoms with E-state index in [2.05, 4.69) is 5.32 Å². The van der Waals surface area contributed by atoms with Gasteiger partial charge in [-0.1, -0.05) is 25.0 Å². The molecule has 146 valence electrons. The van der Waals surface area contributed by atoms with Gasteiger partial charge in [-0.05, 0) is 31.4 Å². The Hall–Kier alpha value is -2.44. The van der Waals surface area contributed by atoms with Gasteiger partial charge < -0.3 is 10.1 Å². The van der Waals surface area contributed by atoms with Crippen LogP contribution in [0.15, 0.2) is 24.3 Å². The van der Waals surface area contributed by atoms with Crippen molar-refractivity contribution in [3.05, 3.63) is 30.1 Å². The van der Waals surface area contributed by atoms with Crippen LogP contribution in [0.5, 0.6) is 5.75 Å². The average Bonchev–Trinajstić information content (AvgIpc) is 2.92. The Balaban J connectivity index is 1.33. The minimum Gasteiger partial charge on any atom is -0.490 e. The molecule has 1 saturated heterocycles. The van der Waals surface area contributed by atoms with Crippen LogP contribution in [0.4, 0.5) is 4.39 Å². The fraction of sp³-hybridized carbons (Fsp3) is 0.550. The zero-order valence-electron chi connectivity index (χ0n) is 15.3. The number of hydrogen-bond acceptors (Lipinski definition) is 4. The summed E-state index contributed by atoms with van der Waals surface area (Å²) in [5.41, 5.74) is 0. The van der Waals surface area contributed by atoms with E-state index in [0.29, 0.717) is 13.0 Å². The number of carbonyl (C=O) groups excluding carboxylic acids is 3. The number of amides is 3. The molecule has 2 atom stereocenters. The minimum atomic E-state index is -0.415. The molecule has 0 aromatic heterocycles. The minimum absolute atomic E-state index is 0.102. The molecule has 1 saturated carbocycles. The molecule has 0 radical (unpaired) electrons. The van der Waals surface area contributed by atoms with Crippen LogP contribution >= 0.6 is 0 Å². The van der Waals surface area contributed by atoms with Crippen molar-refractivity contribution in [1.29, 1.82) is 0 Å². The Labute approximate surface area is 158 Å². The third-order valence-electron chi connectivity index (χ3n) is 5.23. The normalized spacial score (nSPS) is 21.9. The first kappa shape index (κ1) is 19.3. The number of nitrogens with zero attached hydrogens (tertiary/aromatic N) is 1. The van der Waals surface area contributed by atoms with E-state index < -0.39 is 5.82 Å². The Bertz CT molecular complexity index is 685. The Morgan fingerprint density at radius 2 is 1.81 bits per heavy atom. The maximum Gasteiger partial charge on any atom is 0.233 e. The molecule has 1 aromatic rings. The van der Waals surface area contributed by atoms with Gasteiger partial charge in [0, 0.05) is 19.5 Å². The molecule has 1 aliphatic carbocycles. The van der Waals surface area contributed by atoms with Crippen LogP contribution in [-0.4, -0.2) is 42.3 Å². The first-order valence-corrected chi connectivity index (χ1v) is 9.57. The molecular formula is C20H25FN2O4. The van der Waals surface area contributed by atoms with Crippen molar-refractivity contribution in [2.75, 3.05) is 19.7 Å². The van der Waals surface area contributed by atoms with Crippen LogP contribution in [-0.2, 0) is 14.4 Å². The Morgan fingerprint density at radius 3 is 2.48 bits per heavy atom.